The quantitative estimate of drug-likeness (QED) is 0.518. The predicted molar refractivity (Wildman–Crippen MR) is 44.3 cm³/mol. The number of thioether (sulfide) groups is 1. The van der Waals surface area contributed by atoms with Crippen molar-refractivity contribution in [1.82, 2.24) is 3.53 Å². The van der Waals surface area contributed by atoms with Crippen LogP contribution >= 0.6 is 34.6 Å². The number of halogens is 1. The zero-order valence-electron chi connectivity index (χ0n) is 4.30. The third kappa shape index (κ3) is 1.49. The number of aliphatic hydroxyl groups is 1. The van der Waals surface area contributed by atoms with E-state index in [9.17, 15) is 0 Å². The first-order chi connectivity index (χ1) is 3.84. The van der Waals surface area contributed by atoms with Gasteiger partial charge >= 0.3 is 0 Å². The zero-order chi connectivity index (χ0) is 5.98. The Labute approximate surface area is 66.9 Å². The van der Waals surface area contributed by atoms with Crippen molar-refractivity contribution >= 4 is 34.6 Å². The van der Waals surface area contributed by atoms with Gasteiger partial charge in [-0.05, 0) is 0 Å². The summed E-state index contributed by atoms with van der Waals surface area (Å²) in [6.07, 6.45) is -0.128. The molecule has 0 amide bonds. The van der Waals surface area contributed by atoms with E-state index in [0.29, 0.717) is 6.04 Å². The zero-order valence-corrected chi connectivity index (χ0v) is 7.28. The Morgan fingerprint density at radius 2 is 2.38 bits per heavy atom. The van der Waals surface area contributed by atoms with Crippen LogP contribution in [0.3, 0.4) is 0 Å². The molecular formula is C4H8INOS. The van der Waals surface area contributed by atoms with E-state index in [2.05, 4.69) is 26.4 Å². The second-order valence-corrected chi connectivity index (χ2v) is 3.52. The number of rotatable bonds is 1. The molecule has 2 atom stereocenters. The Morgan fingerprint density at radius 3 is 2.62 bits per heavy atom. The molecule has 0 radical (unpaired) electrons. The van der Waals surface area contributed by atoms with Crippen LogP contribution < -0.4 is 3.53 Å². The van der Waals surface area contributed by atoms with E-state index in [0.717, 1.165) is 11.5 Å². The van der Waals surface area contributed by atoms with Crippen LogP contribution in [0.4, 0.5) is 0 Å². The molecule has 4 heteroatoms. The minimum absolute atomic E-state index is 0.128. The van der Waals surface area contributed by atoms with Gasteiger partial charge in [-0.2, -0.15) is 11.8 Å². The second-order valence-electron chi connectivity index (χ2n) is 1.82. The van der Waals surface area contributed by atoms with Gasteiger partial charge in [0.25, 0.3) is 0 Å². The lowest BCUT2D eigenvalue weighted by Crippen LogP contribution is -2.32. The largest absolute Gasteiger partial charge is 0.391 e. The van der Waals surface area contributed by atoms with Gasteiger partial charge in [-0.25, -0.2) is 0 Å². The first-order valence-electron chi connectivity index (χ1n) is 2.46. The molecule has 0 bridgehead atoms. The summed E-state index contributed by atoms with van der Waals surface area (Å²) in [6, 6.07) is 0.320. The lowest BCUT2D eigenvalue weighted by Gasteiger charge is -2.08. The number of hydrogen-bond donors (Lipinski definition) is 2. The van der Waals surface area contributed by atoms with E-state index in [1.807, 2.05) is 0 Å². The molecule has 2 unspecified atom stereocenters. The van der Waals surface area contributed by atoms with Gasteiger partial charge < -0.3 is 5.11 Å². The Hall–Kier alpha value is 1.00. The third-order valence-corrected chi connectivity index (χ3v) is 3.16. The maximum absolute atomic E-state index is 9.10. The second kappa shape index (κ2) is 3.24. The Bertz CT molecular complexity index is 82.4. The maximum atomic E-state index is 9.10. The van der Waals surface area contributed by atoms with Crippen LogP contribution in [0.5, 0.6) is 0 Å². The smallest absolute Gasteiger partial charge is 0.0799 e. The van der Waals surface area contributed by atoms with Crippen LogP contribution in [-0.4, -0.2) is 28.8 Å². The first kappa shape index (κ1) is 7.11. The van der Waals surface area contributed by atoms with Gasteiger partial charge in [-0.3, -0.25) is 3.53 Å². The molecule has 1 fully saturated rings. The highest BCUT2D eigenvalue weighted by molar-refractivity contribution is 14.1. The summed E-state index contributed by atoms with van der Waals surface area (Å²) >= 11 is 3.88. The average molecular weight is 245 g/mol. The summed E-state index contributed by atoms with van der Waals surface area (Å²) in [5.41, 5.74) is 0. The van der Waals surface area contributed by atoms with Crippen molar-refractivity contribution in [3.8, 4) is 0 Å². The molecule has 0 aromatic rings. The van der Waals surface area contributed by atoms with Gasteiger partial charge in [-0.15, -0.1) is 0 Å². The van der Waals surface area contributed by atoms with Gasteiger partial charge in [0.2, 0.25) is 0 Å². The standard InChI is InChI=1S/C4H8INOS/c5-6-3-1-8-2-4(3)7/h3-4,6-7H,1-2H2. The minimum atomic E-state index is -0.128. The summed E-state index contributed by atoms with van der Waals surface area (Å²) in [4.78, 5) is 0. The van der Waals surface area contributed by atoms with Gasteiger partial charge in [-0.1, -0.05) is 0 Å². The van der Waals surface area contributed by atoms with Crippen LogP contribution in [0.15, 0.2) is 0 Å². The van der Waals surface area contributed by atoms with Crippen LogP contribution in [0.2, 0.25) is 0 Å². The molecule has 1 heterocycles. The SMILES string of the molecule is OC1CSCC1NI. The van der Waals surface area contributed by atoms with Crippen molar-refractivity contribution in [2.24, 2.45) is 0 Å². The summed E-state index contributed by atoms with van der Waals surface area (Å²) in [5, 5.41) is 9.10. The molecule has 8 heavy (non-hydrogen) atoms. The average Bonchev–Trinajstić information content (AvgIpc) is 2.14. The molecule has 1 aliphatic rings. The highest BCUT2D eigenvalue weighted by Gasteiger charge is 2.23. The molecule has 1 saturated heterocycles. The normalized spacial score (nSPS) is 38.2. The Kier molecular flexibility index (Phi) is 2.88. The van der Waals surface area contributed by atoms with Crippen LogP contribution in [-0.2, 0) is 0 Å². The van der Waals surface area contributed by atoms with E-state index >= 15 is 0 Å². The van der Waals surface area contributed by atoms with E-state index in [1.165, 1.54) is 0 Å². The molecule has 0 aromatic heterocycles. The van der Waals surface area contributed by atoms with Crippen molar-refractivity contribution in [2.75, 3.05) is 11.5 Å². The van der Waals surface area contributed by atoms with Crippen LogP contribution in [0.1, 0.15) is 0 Å². The topological polar surface area (TPSA) is 32.3 Å². The molecule has 0 saturated carbocycles. The first-order valence-corrected chi connectivity index (χ1v) is 4.70. The predicted octanol–water partition coefficient (Wildman–Crippen LogP) is 0.402. The van der Waals surface area contributed by atoms with E-state index in [4.69, 9.17) is 5.11 Å². The lowest BCUT2D eigenvalue weighted by molar-refractivity contribution is 0.180. The van der Waals surface area contributed by atoms with Crippen LogP contribution in [0.25, 0.3) is 0 Å². The lowest BCUT2D eigenvalue weighted by atomic mass is 10.2. The van der Waals surface area contributed by atoms with E-state index in [1.54, 1.807) is 11.8 Å². The van der Waals surface area contributed by atoms with Crippen molar-refractivity contribution in [1.29, 1.82) is 0 Å². The Morgan fingerprint density at radius 1 is 1.62 bits per heavy atom. The molecule has 0 aliphatic carbocycles. The van der Waals surface area contributed by atoms with E-state index < -0.39 is 0 Å². The molecule has 0 aromatic carbocycles. The number of nitrogens with one attached hydrogen (secondary N) is 1. The number of hydrogen-bond acceptors (Lipinski definition) is 3. The molecular weight excluding hydrogens is 237 g/mol. The van der Waals surface area contributed by atoms with Crippen molar-refractivity contribution in [3.63, 3.8) is 0 Å². The summed E-state index contributed by atoms with van der Waals surface area (Å²) < 4.78 is 3.01. The van der Waals surface area contributed by atoms with Crippen molar-refractivity contribution in [3.05, 3.63) is 0 Å². The van der Waals surface area contributed by atoms with Crippen molar-refractivity contribution < 1.29 is 5.11 Å². The molecule has 2 nitrogen and oxygen atoms in total. The van der Waals surface area contributed by atoms with Gasteiger partial charge in [0.15, 0.2) is 0 Å². The van der Waals surface area contributed by atoms with Gasteiger partial charge in [0.1, 0.15) is 0 Å². The van der Waals surface area contributed by atoms with E-state index in [-0.39, 0.29) is 6.10 Å². The Balaban J connectivity index is 2.30. The maximum Gasteiger partial charge on any atom is 0.0799 e. The monoisotopic (exact) mass is 245 g/mol. The third-order valence-electron chi connectivity index (χ3n) is 1.19. The fraction of sp³-hybridized carbons (Fsp3) is 1.00. The highest BCUT2D eigenvalue weighted by atomic mass is 127. The molecule has 2 N–H and O–H groups in total. The molecule has 0 spiro atoms. The minimum Gasteiger partial charge on any atom is -0.391 e. The van der Waals surface area contributed by atoms with Gasteiger partial charge in [0.05, 0.1) is 12.1 Å². The van der Waals surface area contributed by atoms with Crippen LogP contribution in [0, 0.1) is 0 Å². The van der Waals surface area contributed by atoms with Gasteiger partial charge in [0, 0.05) is 34.4 Å². The molecule has 1 aliphatic heterocycles. The number of aliphatic hydroxyl groups excluding tert-OH is 1. The molecule has 48 valence electrons. The molecule has 1 rings (SSSR count). The fourth-order valence-electron chi connectivity index (χ4n) is 0.647. The fourth-order valence-corrected chi connectivity index (χ4v) is 2.75. The summed E-state index contributed by atoms with van der Waals surface area (Å²) in [5.74, 6) is 1.94. The van der Waals surface area contributed by atoms with Crippen molar-refractivity contribution in [2.45, 2.75) is 12.1 Å². The summed E-state index contributed by atoms with van der Waals surface area (Å²) in [7, 11) is 0. The highest BCUT2D eigenvalue weighted by Crippen LogP contribution is 2.18. The summed E-state index contributed by atoms with van der Waals surface area (Å²) in [6.45, 7) is 0.